The van der Waals surface area contributed by atoms with E-state index in [1.807, 2.05) is 0 Å². The summed E-state index contributed by atoms with van der Waals surface area (Å²) in [5, 5.41) is 0. The SMILES string of the molecule is C(CN1CCOCC1)=C1CCC1. The number of ether oxygens (including phenoxy) is 1. The standard InChI is InChI=1S/C10H17NO/c1-2-10(3-1)4-5-11-6-8-12-9-7-11/h4H,1-3,5-9H2. The van der Waals surface area contributed by atoms with Crippen molar-refractivity contribution in [2.75, 3.05) is 32.8 Å². The van der Waals surface area contributed by atoms with E-state index in [9.17, 15) is 0 Å². The number of rotatable bonds is 2. The molecule has 0 atom stereocenters. The molecule has 0 aromatic rings. The lowest BCUT2D eigenvalue weighted by Gasteiger charge is -2.26. The average Bonchev–Trinajstić information content (AvgIpc) is 2.04. The summed E-state index contributed by atoms with van der Waals surface area (Å²) in [6, 6.07) is 0. The molecule has 2 aliphatic rings. The Morgan fingerprint density at radius 2 is 2.00 bits per heavy atom. The van der Waals surface area contributed by atoms with Crippen molar-refractivity contribution in [3.8, 4) is 0 Å². The average molecular weight is 167 g/mol. The number of morpholine rings is 1. The highest BCUT2D eigenvalue weighted by Gasteiger charge is 2.11. The molecule has 1 saturated carbocycles. The topological polar surface area (TPSA) is 12.5 Å². The molecule has 12 heavy (non-hydrogen) atoms. The van der Waals surface area contributed by atoms with Crippen LogP contribution in [0, 0.1) is 0 Å². The molecule has 1 aliphatic carbocycles. The summed E-state index contributed by atoms with van der Waals surface area (Å²) in [6.07, 6.45) is 6.53. The largest absolute Gasteiger partial charge is 0.379 e. The first-order valence-corrected chi connectivity index (χ1v) is 4.93. The van der Waals surface area contributed by atoms with Crippen molar-refractivity contribution in [2.45, 2.75) is 19.3 Å². The molecule has 0 bridgehead atoms. The van der Waals surface area contributed by atoms with Crippen LogP contribution in [0.25, 0.3) is 0 Å². The molecule has 0 radical (unpaired) electrons. The first kappa shape index (κ1) is 8.27. The lowest BCUT2D eigenvalue weighted by atomic mass is 9.92. The van der Waals surface area contributed by atoms with E-state index in [1.54, 1.807) is 5.57 Å². The van der Waals surface area contributed by atoms with Crippen molar-refractivity contribution >= 4 is 0 Å². The molecule has 68 valence electrons. The summed E-state index contributed by atoms with van der Waals surface area (Å²) in [4.78, 5) is 2.47. The molecule has 2 nitrogen and oxygen atoms in total. The second-order valence-electron chi connectivity index (χ2n) is 3.63. The monoisotopic (exact) mass is 167 g/mol. The van der Waals surface area contributed by atoms with E-state index in [4.69, 9.17) is 4.74 Å². The predicted octanol–water partition coefficient (Wildman–Crippen LogP) is 1.43. The van der Waals surface area contributed by atoms with Gasteiger partial charge in [-0.05, 0) is 19.3 Å². The molecule has 1 heterocycles. The van der Waals surface area contributed by atoms with Gasteiger partial charge < -0.3 is 4.74 Å². The summed E-state index contributed by atoms with van der Waals surface area (Å²) in [5.41, 5.74) is 1.67. The molecule has 2 fully saturated rings. The molecule has 0 spiro atoms. The van der Waals surface area contributed by atoms with E-state index < -0.39 is 0 Å². The Bertz CT molecular complexity index is 165. The van der Waals surface area contributed by atoms with Crippen molar-refractivity contribution in [1.82, 2.24) is 4.90 Å². The van der Waals surface area contributed by atoms with E-state index in [-0.39, 0.29) is 0 Å². The Balaban J connectivity index is 1.70. The highest BCUT2D eigenvalue weighted by atomic mass is 16.5. The summed E-state index contributed by atoms with van der Waals surface area (Å²) >= 11 is 0. The van der Waals surface area contributed by atoms with Crippen LogP contribution in [0.3, 0.4) is 0 Å². The first-order valence-electron chi connectivity index (χ1n) is 4.93. The van der Waals surface area contributed by atoms with E-state index in [0.717, 1.165) is 32.8 Å². The fourth-order valence-electron chi connectivity index (χ4n) is 1.63. The van der Waals surface area contributed by atoms with Crippen molar-refractivity contribution in [2.24, 2.45) is 0 Å². The maximum Gasteiger partial charge on any atom is 0.0594 e. The maximum absolute atomic E-state index is 5.28. The van der Waals surface area contributed by atoms with Gasteiger partial charge in [0, 0.05) is 19.6 Å². The van der Waals surface area contributed by atoms with Gasteiger partial charge in [0.25, 0.3) is 0 Å². The minimum absolute atomic E-state index is 0.920. The normalized spacial score (nSPS) is 25.2. The molecule has 0 unspecified atom stereocenters. The summed E-state index contributed by atoms with van der Waals surface area (Å²) in [6.45, 7) is 5.22. The number of hydrogen-bond acceptors (Lipinski definition) is 2. The van der Waals surface area contributed by atoms with Crippen molar-refractivity contribution in [3.63, 3.8) is 0 Å². The zero-order valence-corrected chi connectivity index (χ0v) is 7.59. The lowest BCUT2D eigenvalue weighted by Crippen LogP contribution is -2.36. The van der Waals surface area contributed by atoms with Gasteiger partial charge in [-0.25, -0.2) is 0 Å². The van der Waals surface area contributed by atoms with Crippen molar-refractivity contribution < 1.29 is 4.74 Å². The highest BCUT2D eigenvalue weighted by molar-refractivity contribution is 5.10. The second-order valence-corrected chi connectivity index (χ2v) is 3.63. The van der Waals surface area contributed by atoms with Gasteiger partial charge in [0.2, 0.25) is 0 Å². The molecular weight excluding hydrogens is 150 g/mol. The van der Waals surface area contributed by atoms with E-state index in [1.165, 1.54) is 19.3 Å². The molecule has 1 aliphatic heterocycles. The first-order chi connectivity index (χ1) is 5.95. The molecule has 0 aromatic heterocycles. The minimum Gasteiger partial charge on any atom is -0.379 e. The van der Waals surface area contributed by atoms with E-state index in [0.29, 0.717) is 0 Å². The van der Waals surface area contributed by atoms with Crippen LogP contribution in [0.4, 0.5) is 0 Å². The van der Waals surface area contributed by atoms with Gasteiger partial charge in [0.05, 0.1) is 13.2 Å². The Kier molecular flexibility index (Phi) is 2.79. The second kappa shape index (κ2) is 4.06. The van der Waals surface area contributed by atoms with Crippen LogP contribution in [0.1, 0.15) is 19.3 Å². The van der Waals surface area contributed by atoms with Gasteiger partial charge in [0.15, 0.2) is 0 Å². The van der Waals surface area contributed by atoms with E-state index in [2.05, 4.69) is 11.0 Å². The maximum atomic E-state index is 5.28. The Hall–Kier alpha value is -0.340. The third-order valence-corrected chi connectivity index (χ3v) is 2.74. The van der Waals surface area contributed by atoms with Crippen LogP contribution < -0.4 is 0 Å². The van der Waals surface area contributed by atoms with Crippen LogP contribution in [0.15, 0.2) is 11.6 Å². The van der Waals surface area contributed by atoms with Crippen LogP contribution >= 0.6 is 0 Å². The fourth-order valence-corrected chi connectivity index (χ4v) is 1.63. The summed E-state index contributed by atoms with van der Waals surface area (Å²) in [7, 11) is 0. The van der Waals surface area contributed by atoms with Crippen LogP contribution in [0.5, 0.6) is 0 Å². The van der Waals surface area contributed by atoms with Crippen molar-refractivity contribution in [3.05, 3.63) is 11.6 Å². The molecule has 0 N–H and O–H groups in total. The highest BCUT2D eigenvalue weighted by Crippen LogP contribution is 2.24. The quantitative estimate of drug-likeness (QED) is 0.577. The predicted molar refractivity (Wildman–Crippen MR) is 49.2 cm³/mol. The molecule has 2 heteroatoms. The van der Waals surface area contributed by atoms with Crippen LogP contribution in [-0.2, 0) is 4.74 Å². The summed E-state index contributed by atoms with van der Waals surface area (Å²) in [5.74, 6) is 0. The van der Waals surface area contributed by atoms with Gasteiger partial charge in [0.1, 0.15) is 0 Å². The Labute approximate surface area is 74.2 Å². The molecule has 0 amide bonds. The zero-order chi connectivity index (χ0) is 8.23. The smallest absolute Gasteiger partial charge is 0.0594 e. The van der Waals surface area contributed by atoms with Crippen molar-refractivity contribution in [1.29, 1.82) is 0 Å². The molecular formula is C10H17NO. The van der Waals surface area contributed by atoms with Gasteiger partial charge in [-0.15, -0.1) is 0 Å². The minimum atomic E-state index is 0.920. The summed E-state index contributed by atoms with van der Waals surface area (Å²) < 4.78 is 5.28. The van der Waals surface area contributed by atoms with E-state index >= 15 is 0 Å². The zero-order valence-electron chi connectivity index (χ0n) is 7.59. The Morgan fingerprint density at radius 1 is 1.25 bits per heavy atom. The van der Waals surface area contributed by atoms with Crippen LogP contribution in [-0.4, -0.2) is 37.7 Å². The number of hydrogen-bond donors (Lipinski definition) is 0. The molecule has 2 rings (SSSR count). The third kappa shape index (κ3) is 2.08. The molecule has 0 aromatic carbocycles. The van der Waals surface area contributed by atoms with Gasteiger partial charge in [-0.3, -0.25) is 4.90 Å². The van der Waals surface area contributed by atoms with Gasteiger partial charge >= 0.3 is 0 Å². The lowest BCUT2D eigenvalue weighted by molar-refractivity contribution is 0.0433. The number of allylic oxidation sites excluding steroid dienone is 1. The Morgan fingerprint density at radius 3 is 2.58 bits per heavy atom. The van der Waals surface area contributed by atoms with Crippen LogP contribution in [0.2, 0.25) is 0 Å². The van der Waals surface area contributed by atoms with Gasteiger partial charge in [-0.2, -0.15) is 0 Å². The third-order valence-electron chi connectivity index (χ3n) is 2.74. The van der Waals surface area contributed by atoms with Gasteiger partial charge in [-0.1, -0.05) is 11.6 Å². The fraction of sp³-hybridized carbons (Fsp3) is 0.800. The molecule has 1 saturated heterocycles. The number of nitrogens with zero attached hydrogens (tertiary/aromatic N) is 1.